The molecule has 288 valence electrons. The third-order valence-electron chi connectivity index (χ3n) is 12.5. The Morgan fingerprint density at radius 2 is 0.758 bits per heavy atom. The molecule has 3 aromatic heterocycles. The van der Waals surface area contributed by atoms with Crippen LogP contribution in [0.25, 0.3) is 121 Å². The summed E-state index contributed by atoms with van der Waals surface area (Å²) >= 11 is 0. The summed E-state index contributed by atoms with van der Waals surface area (Å²) in [5, 5.41) is 12.1. The average Bonchev–Trinajstić information content (AvgIpc) is 3.84. The van der Waals surface area contributed by atoms with Crippen LogP contribution >= 0.6 is 0 Å². The molecule has 5 heteroatoms. The van der Waals surface area contributed by atoms with Gasteiger partial charge in [0.1, 0.15) is 0 Å². The van der Waals surface area contributed by atoms with E-state index in [0.29, 0.717) is 17.5 Å². The molecule has 0 aliphatic rings. The summed E-state index contributed by atoms with van der Waals surface area (Å²) in [5.74, 6) is 1.92. The third-order valence-corrected chi connectivity index (χ3v) is 12.5. The molecular weight excluding hydrogens is 755 g/mol. The minimum Gasteiger partial charge on any atom is -0.309 e. The maximum absolute atomic E-state index is 5.08. The van der Waals surface area contributed by atoms with E-state index in [2.05, 4.69) is 191 Å². The van der Waals surface area contributed by atoms with Crippen LogP contribution in [0.1, 0.15) is 0 Å². The molecule has 3 heterocycles. The highest BCUT2D eigenvalue weighted by atomic mass is 15.0. The fraction of sp³-hybridized carbons (Fsp3) is 0. The molecule has 0 aliphatic carbocycles. The van der Waals surface area contributed by atoms with Crippen LogP contribution < -0.4 is 0 Å². The van der Waals surface area contributed by atoms with Crippen molar-refractivity contribution >= 4 is 75.9 Å². The summed E-state index contributed by atoms with van der Waals surface area (Å²) in [6, 6.07) is 75.9. The van der Waals surface area contributed by atoms with Crippen LogP contribution in [0.5, 0.6) is 0 Å². The number of benzene rings is 10. The predicted octanol–water partition coefficient (Wildman–Crippen LogP) is 14.5. The van der Waals surface area contributed by atoms with Crippen LogP contribution in [0, 0.1) is 0 Å². The number of hydrogen-bond donors (Lipinski definition) is 0. The number of rotatable bonds is 5. The van der Waals surface area contributed by atoms with Crippen molar-refractivity contribution in [2.24, 2.45) is 0 Å². The Labute approximate surface area is 356 Å². The van der Waals surface area contributed by atoms with Crippen molar-refractivity contribution in [3.63, 3.8) is 0 Å². The van der Waals surface area contributed by atoms with Crippen LogP contribution in [-0.4, -0.2) is 24.1 Å². The second kappa shape index (κ2) is 13.6. The highest BCUT2D eigenvalue weighted by Gasteiger charge is 2.19. The molecule has 10 aromatic carbocycles. The van der Waals surface area contributed by atoms with Crippen LogP contribution in [0.15, 0.2) is 212 Å². The van der Waals surface area contributed by atoms with Gasteiger partial charge in [-0.2, -0.15) is 0 Å². The number of hydrogen-bond acceptors (Lipinski definition) is 3. The van der Waals surface area contributed by atoms with Gasteiger partial charge in [0.25, 0.3) is 0 Å². The highest BCUT2D eigenvalue weighted by Crippen LogP contribution is 2.40. The molecule has 0 unspecified atom stereocenters. The molecule has 0 saturated carbocycles. The first-order chi connectivity index (χ1) is 30.7. The van der Waals surface area contributed by atoms with Crippen molar-refractivity contribution in [2.45, 2.75) is 0 Å². The minimum absolute atomic E-state index is 0.632. The van der Waals surface area contributed by atoms with E-state index < -0.39 is 0 Å². The quantitative estimate of drug-likeness (QED) is 0.174. The van der Waals surface area contributed by atoms with E-state index in [0.717, 1.165) is 38.8 Å². The molecule has 13 rings (SSSR count). The molecule has 0 N–H and O–H groups in total. The van der Waals surface area contributed by atoms with Gasteiger partial charge in [0.2, 0.25) is 0 Å². The zero-order valence-corrected chi connectivity index (χ0v) is 33.4. The fourth-order valence-corrected chi connectivity index (χ4v) is 9.55. The average molecular weight is 790 g/mol. The van der Waals surface area contributed by atoms with Crippen molar-refractivity contribution in [1.82, 2.24) is 24.1 Å². The summed E-state index contributed by atoms with van der Waals surface area (Å²) in [4.78, 5) is 15.1. The minimum atomic E-state index is 0.632. The molecule has 0 amide bonds. The van der Waals surface area contributed by atoms with Crippen molar-refractivity contribution < 1.29 is 0 Å². The van der Waals surface area contributed by atoms with Gasteiger partial charge in [0, 0.05) is 49.3 Å². The van der Waals surface area contributed by atoms with Gasteiger partial charge >= 0.3 is 0 Å². The second-order valence-corrected chi connectivity index (χ2v) is 16.1. The first kappa shape index (κ1) is 34.5. The lowest BCUT2D eigenvalue weighted by molar-refractivity contribution is 1.07. The van der Waals surface area contributed by atoms with E-state index in [9.17, 15) is 0 Å². The lowest BCUT2D eigenvalue weighted by atomic mass is 10.0. The SMILES string of the molecule is c1ccc(-c2nc(-c3ccc(-n4c5ccccc5c5cc6c(-n7c8ccccc8c8cc9ccccc9cc87)cccc6cc54)cc3)nc(-c3ccc4ccccc4c3)n2)cc1. The van der Waals surface area contributed by atoms with Gasteiger partial charge in [0.15, 0.2) is 17.5 Å². The maximum atomic E-state index is 5.08. The Hall–Kier alpha value is -8.41. The standard InChI is InChI=1S/C57H35N5/c1-2-14-37(15-3-1)55-58-56(60-57(59-55)43-26-25-36-13-4-5-16-39(36)31-43)38-27-29-44(30-28-38)61-50-22-10-8-21-46(50)49-35-47-42(34-53(49)61)19-12-24-52(47)62-51-23-11-9-20-45(51)48-32-40-17-6-7-18-41(40)33-54(48)62/h1-35H. The largest absolute Gasteiger partial charge is 0.309 e. The molecule has 0 fully saturated rings. The van der Waals surface area contributed by atoms with Gasteiger partial charge in [-0.15, -0.1) is 0 Å². The number of aromatic nitrogens is 5. The number of para-hydroxylation sites is 2. The second-order valence-electron chi connectivity index (χ2n) is 16.1. The molecule has 0 radical (unpaired) electrons. The zero-order valence-electron chi connectivity index (χ0n) is 33.4. The van der Waals surface area contributed by atoms with E-state index in [1.165, 1.54) is 65.2 Å². The summed E-state index contributed by atoms with van der Waals surface area (Å²) < 4.78 is 4.84. The number of fused-ring (bicyclic) bond motifs is 9. The maximum Gasteiger partial charge on any atom is 0.164 e. The first-order valence-corrected chi connectivity index (χ1v) is 21.0. The van der Waals surface area contributed by atoms with Crippen molar-refractivity contribution in [3.05, 3.63) is 212 Å². The Balaban J connectivity index is 0.967. The van der Waals surface area contributed by atoms with Crippen molar-refractivity contribution in [3.8, 4) is 45.5 Å². The summed E-state index contributed by atoms with van der Waals surface area (Å²) in [6.07, 6.45) is 0. The molecule has 0 bridgehead atoms. The topological polar surface area (TPSA) is 48.5 Å². The summed E-state index contributed by atoms with van der Waals surface area (Å²) in [6.45, 7) is 0. The smallest absolute Gasteiger partial charge is 0.164 e. The van der Waals surface area contributed by atoms with Gasteiger partial charge < -0.3 is 9.13 Å². The Kier molecular flexibility index (Phi) is 7.54. The van der Waals surface area contributed by atoms with Crippen LogP contribution in [0.2, 0.25) is 0 Å². The number of nitrogens with zero attached hydrogens (tertiary/aromatic N) is 5. The monoisotopic (exact) mass is 789 g/mol. The van der Waals surface area contributed by atoms with Gasteiger partial charge in [-0.25, -0.2) is 15.0 Å². The third kappa shape index (κ3) is 5.38. The molecular formula is C57H35N5. The van der Waals surface area contributed by atoms with E-state index in [1.807, 2.05) is 30.3 Å². The van der Waals surface area contributed by atoms with Gasteiger partial charge in [-0.1, -0.05) is 140 Å². The van der Waals surface area contributed by atoms with Crippen LogP contribution in [0.3, 0.4) is 0 Å². The first-order valence-electron chi connectivity index (χ1n) is 21.0. The van der Waals surface area contributed by atoms with Gasteiger partial charge in [0.05, 0.1) is 27.8 Å². The predicted molar refractivity (Wildman–Crippen MR) is 257 cm³/mol. The Morgan fingerprint density at radius 3 is 1.48 bits per heavy atom. The molecule has 0 aliphatic heterocycles. The lowest BCUT2D eigenvalue weighted by Gasteiger charge is -2.13. The fourth-order valence-electron chi connectivity index (χ4n) is 9.55. The van der Waals surface area contributed by atoms with Crippen LogP contribution in [-0.2, 0) is 0 Å². The van der Waals surface area contributed by atoms with E-state index in [4.69, 9.17) is 15.0 Å². The van der Waals surface area contributed by atoms with Crippen LogP contribution in [0.4, 0.5) is 0 Å². The van der Waals surface area contributed by atoms with Crippen molar-refractivity contribution in [2.75, 3.05) is 0 Å². The lowest BCUT2D eigenvalue weighted by Crippen LogP contribution is -2.00. The van der Waals surface area contributed by atoms with E-state index in [-0.39, 0.29) is 0 Å². The van der Waals surface area contributed by atoms with E-state index in [1.54, 1.807) is 0 Å². The molecule has 0 spiro atoms. The van der Waals surface area contributed by atoms with Crippen molar-refractivity contribution in [1.29, 1.82) is 0 Å². The van der Waals surface area contributed by atoms with E-state index >= 15 is 0 Å². The van der Waals surface area contributed by atoms with Gasteiger partial charge in [-0.3, -0.25) is 0 Å². The highest BCUT2D eigenvalue weighted by molar-refractivity contribution is 6.17. The summed E-state index contributed by atoms with van der Waals surface area (Å²) in [5.41, 5.74) is 9.77. The molecule has 13 aromatic rings. The Bertz CT molecular complexity index is 3920. The molecule has 5 nitrogen and oxygen atoms in total. The molecule has 0 atom stereocenters. The summed E-state index contributed by atoms with van der Waals surface area (Å²) in [7, 11) is 0. The Morgan fingerprint density at radius 1 is 0.258 bits per heavy atom. The van der Waals surface area contributed by atoms with Gasteiger partial charge in [-0.05, 0) is 99.7 Å². The zero-order chi connectivity index (χ0) is 40.7. The normalized spacial score (nSPS) is 11.9. The molecule has 0 saturated heterocycles. The molecule has 62 heavy (non-hydrogen) atoms.